The average molecular weight is 485 g/mol. The van der Waals surface area contributed by atoms with Gasteiger partial charge in [-0.25, -0.2) is 4.39 Å². The average Bonchev–Trinajstić information content (AvgIpc) is 2.81. The molecule has 4 unspecified atom stereocenters. The number of benzene rings is 1. The van der Waals surface area contributed by atoms with Gasteiger partial charge in [-0.1, -0.05) is 12.2 Å². The van der Waals surface area contributed by atoms with Crippen molar-refractivity contribution in [2.24, 2.45) is 35.5 Å². The van der Waals surface area contributed by atoms with Gasteiger partial charge in [0.15, 0.2) is 11.6 Å². The van der Waals surface area contributed by atoms with Crippen LogP contribution in [-0.2, 0) is 11.0 Å². The van der Waals surface area contributed by atoms with Gasteiger partial charge < -0.3 is 4.74 Å². The van der Waals surface area contributed by atoms with E-state index in [2.05, 4.69) is 19.1 Å². The normalized spacial score (nSPS) is 32.4. The Labute approximate surface area is 197 Å². The molecule has 0 saturated heterocycles. The van der Waals surface area contributed by atoms with E-state index in [1.165, 1.54) is 38.5 Å². The van der Waals surface area contributed by atoms with Crippen LogP contribution in [0, 0.1) is 47.1 Å². The van der Waals surface area contributed by atoms with Gasteiger partial charge >= 0.3 is 12.1 Å². The number of esters is 1. The van der Waals surface area contributed by atoms with E-state index in [9.17, 15) is 26.7 Å². The summed E-state index contributed by atoms with van der Waals surface area (Å²) in [6.07, 6.45) is 10.2. The monoisotopic (exact) mass is 484 g/mol. The molecule has 0 heterocycles. The number of ether oxygens (including phenoxy) is 1. The first-order chi connectivity index (χ1) is 16.2. The fourth-order valence-electron chi connectivity index (χ4n) is 6.68. The van der Waals surface area contributed by atoms with Crippen LogP contribution in [0.15, 0.2) is 24.3 Å². The highest BCUT2D eigenvalue weighted by atomic mass is 19.4. The first-order valence-electron chi connectivity index (χ1n) is 12.6. The van der Waals surface area contributed by atoms with E-state index in [-0.39, 0.29) is 0 Å². The minimum atomic E-state index is -5.02. The molecule has 0 aromatic heterocycles. The summed E-state index contributed by atoms with van der Waals surface area (Å²) in [6, 6.07) is 1.08. The second-order valence-corrected chi connectivity index (χ2v) is 10.5. The van der Waals surface area contributed by atoms with Crippen molar-refractivity contribution in [1.82, 2.24) is 0 Å². The van der Waals surface area contributed by atoms with E-state index < -0.39 is 41.0 Å². The zero-order valence-electron chi connectivity index (χ0n) is 19.6. The molecule has 1 aromatic carbocycles. The van der Waals surface area contributed by atoms with Crippen molar-refractivity contribution in [2.75, 3.05) is 0 Å². The minimum absolute atomic E-state index is 0.403. The molecule has 0 bridgehead atoms. The van der Waals surface area contributed by atoms with Gasteiger partial charge in [-0.05, 0) is 113 Å². The SMILES string of the molecule is C/C=C/C1CCC2CC(C3CCC(C(=O)Oc4ccc(C(F)(F)F)c(F)c4F)CC3)CCC2C1. The number of carbonyl (C=O) groups is 1. The van der Waals surface area contributed by atoms with Crippen LogP contribution in [0.25, 0.3) is 0 Å². The lowest BCUT2D eigenvalue weighted by molar-refractivity contribution is -0.141. The Morgan fingerprint density at radius 2 is 1.44 bits per heavy atom. The maximum absolute atomic E-state index is 14.1. The smallest absolute Gasteiger partial charge is 0.419 e. The summed E-state index contributed by atoms with van der Waals surface area (Å²) in [5.74, 6) is -2.13. The van der Waals surface area contributed by atoms with E-state index in [4.69, 9.17) is 4.74 Å². The third kappa shape index (κ3) is 5.49. The van der Waals surface area contributed by atoms with Gasteiger partial charge in [0.1, 0.15) is 0 Å². The number of allylic oxidation sites excluding steroid dienone is 2. The van der Waals surface area contributed by atoms with Gasteiger partial charge in [-0.2, -0.15) is 17.6 Å². The summed E-state index contributed by atoms with van der Waals surface area (Å²) in [6.45, 7) is 2.09. The number of alkyl halides is 3. The molecule has 4 atom stereocenters. The maximum Gasteiger partial charge on any atom is 0.419 e. The Balaban J connectivity index is 1.28. The molecule has 34 heavy (non-hydrogen) atoms. The Hall–Kier alpha value is -1.92. The van der Waals surface area contributed by atoms with Crippen LogP contribution in [0.5, 0.6) is 5.75 Å². The molecule has 3 aliphatic rings. The van der Waals surface area contributed by atoms with Crippen LogP contribution in [0.1, 0.15) is 76.7 Å². The van der Waals surface area contributed by atoms with E-state index in [1.54, 1.807) is 0 Å². The van der Waals surface area contributed by atoms with Crippen molar-refractivity contribution in [3.05, 3.63) is 41.5 Å². The minimum Gasteiger partial charge on any atom is -0.423 e. The molecular weight excluding hydrogens is 451 g/mol. The van der Waals surface area contributed by atoms with Crippen LogP contribution < -0.4 is 4.74 Å². The largest absolute Gasteiger partial charge is 0.423 e. The second-order valence-electron chi connectivity index (χ2n) is 10.5. The van der Waals surface area contributed by atoms with E-state index in [1.807, 2.05) is 0 Å². The number of rotatable bonds is 4. The van der Waals surface area contributed by atoms with Gasteiger partial charge in [-0.15, -0.1) is 0 Å². The third-order valence-corrected chi connectivity index (χ3v) is 8.49. The van der Waals surface area contributed by atoms with Gasteiger partial charge in [0.05, 0.1) is 11.5 Å². The first kappa shape index (κ1) is 25.2. The van der Waals surface area contributed by atoms with Crippen molar-refractivity contribution in [2.45, 2.75) is 77.3 Å². The van der Waals surface area contributed by atoms with Crippen molar-refractivity contribution in [3.8, 4) is 5.75 Å². The molecule has 3 saturated carbocycles. The number of hydrogen-bond donors (Lipinski definition) is 0. The Bertz CT molecular complexity index is 901. The molecule has 3 aliphatic carbocycles. The molecule has 1 aromatic rings. The van der Waals surface area contributed by atoms with E-state index in [0.29, 0.717) is 36.8 Å². The Morgan fingerprint density at radius 1 is 0.853 bits per heavy atom. The predicted octanol–water partition coefficient (Wildman–Crippen LogP) is 8.10. The lowest BCUT2D eigenvalue weighted by atomic mass is 9.61. The van der Waals surface area contributed by atoms with Crippen LogP contribution in [0.4, 0.5) is 22.0 Å². The standard InChI is InChI=1S/C27H33F5O2/c1-2-3-16-4-5-21-15-20(11-10-19(21)14-16)17-6-8-18(9-7-17)26(33)34-23-13-12-22(27(30,31)32)24(28)25(23)29/h2-3,12-13,16-21H,4-11,14-15H2,1H3/b3-2+. The quantitative estimate of drug-likeness (QED) is 0.187. The van der Waals surface area contributed by atoms with E-state index in [0.717, 1.165) is 30.6 Å². The fourth-order valence-corrected chi connectivity index (χ4v) is 6.68. The molecule has 7 heteroatoms. The Morgan fingerprint density at radius 3 is 2.09 bits per heavy atom. The molecule has 0 radical (unpaired) electrons. The molecule has 0 amide bonds. The van der Waals surface area contributed by atoms with E-state index >= 15 is 0 Å². The van der Waals surface area contributed by atoms with Gasteiger partial charge in [0.2, 0.25) is 5.82 Å². The zero-order valence-corrected chi connectivity index (χ0v) is 19.6. The summed E-state index contributed by atoms with van der Waals surface area (Å²) in [5.41, 5.74) is -1.71. The van der Waals surface area contributed by atoms with Crippen molar-refractivity contribution < 1.29 is 31.5 Å². The van der Waals surface area contributed by atoms with Crippen molar-refractivity contribution in [3.63, 3.8) is 0 Å². The molecule has 2 nitrogen and oxygen atoms in total. The summed E-state index contributed by atoms with van der Waals surface area (Å²) in [7, 11) is 0. The topological polar surface area (TPSA) is 26.3 Å². The summed E-state index contributed by atoms with van der Waals surface area (Å²) < 4.78 is 71.0. The van der Waals surface area contributed by atoms with Crippen LogP contribution >= 0.6 is 0 Å². The number of hydrogen-bond acceptors (Lipinski definition) is 2. The molecular formula is C27H33F5O2. The summed E-state index contributed by atoms with van der Waals surface area (Å²) >= 11 is 0. The molecule has 188 valence electrons. The highest BCUT2D eigenvalue weighted by Crippen LogP contribution is 2.49. The Kier molecular flexibility index (Phi) is 7.68. The van der Waals surface area contributed by atoms with Gasteiger partial charge in [-0.3, -0.25) is 4.79 Å². The highest BCUT2D eigenvalue weighted by molar-refractivity contribution is 5.75. The summed E-state index contributed by atoms with van der Waals surface area (Å²) in [4.78, 5) is 12.5. The van der Waals surface area contributed by atoms with Crippen molar-refractivity contribution in [1.29, 1.82) is 0 Å². The molecule has 3 fully saturated rings. The van der Waals surface area contributed by atoms with Crippen LogP contribution in [-0.4, -0.2) is 5.97 Å². The first-order valence-corrected chi connectivity index (χ1v) is 12.6. The third-order valence-electron chi connectivity index (χ3n) is 8.49. The lowest BCUT2D eigenvalue weighted by Gasteiger charge is -2.45. The molecule has 0 aliphatic heterocycles. The highest BCUT2D eigenvalue weighted by Gasteiger charge is 2.40. The fraction of sp³-hybridized carbons (Fsp3) is 0.667. The predicted molar refractivity (Wildman–Crippen MR) is 119 cm³/mol. The summed E-state index contributed by atoms with van der Waals surface area (Å²) in [5, 5.41) is 0. The maximum atomic E-state index is 14.1. The lowest BCUT2D eigenvalue weighted by Crippen LogP contribution is -2.35. The van der Waals surface area contributed by atoms with Crippen LogP contribution in [0.2, 0.25) is 0 Å². The van der Waals surface area contributed by atoms with Gasteiger partial charge in [0, 0.05) is 0 Å². The number of halogens is 5. The van der Waals surface area contributed by atoms with Gasteiger partial charge in [0.25, 0.3) is 0 Å². The second kappa shape index (κ2) is 10.4. The van der Waals surface area contributed by atoms with Crippen LogP contribution in [0.3, 0.4) is 0 Å². The molecule has 4 rings (SSSR count). The zero-order chi connectivity index (χ0) is 24.5. The number of carbonyl (C=O) groups excluding carboxylic acids is 1. The number of fused-ring (bicyclic) bond motifs is 1. The molecule has 0 N–H and O–H groups in total. The van der Waals surface area contributed by atoms with Crippen molar-refractivity contribution >= 4 is 5.97 Å². The molecule has 0 spiro atoms.